The summed E-state index contributed by atoms with van der Waals surface area (Å²) in [4.78, 5) is 22.4. The highest BCUT2D eigenvalue weighted by Crippen LogP contribution is 2.32. The Kier molecular flexibility index (Phi) is 3.65. The minimum Gasteiger partial charge on any atom is -0.351 e. The lowest BCUT2D eigenvalue weighted by Crippen LogP contribution is -2.62. The Morgan fingerprint density at radius 3 is 2.83 bits per heavy atom. The molecule has 0 radical (unpaired) electrons. The normalized spacial score (nSPS) is 29.4. The van der Waals surface area contributed by atoms with Gasteiger partial charge >= 0.3 is 0 Å². The molecular formula is C18H22N4O. The van der Waals surface area contributed by atoms with Crippen molar-refractivity contribution >= 4 is 5.91 Å². The van der Waals surface area contributed by atoms with Crippen molar-refractivity contribution in [3.63, 3.8) is 0 Å². The van der Waals surface area contributed by atoms with Crippen LogP contribution < -0.4 is 5.32 Å². The number of H-pyrrole nitrogens is 1. The zero-order valence-electron chi connectivity index (χ0n) is 13.3. The molecular weight excluding hydrogens is 288 g/mol. The van der Waals surface area contributed by atoms with Gasteiger partial charge in [0, 0.05) is 35.7 Å². The predicted octanol–water partition coefficient (Wildman–Crippen LogP) is 2.29. The number of pyridine rings is 1. The molecule has 0 aliphatic carbocycles. The third-order valence-electron chi connectivity index (χ3n) is 5.38. The second-order valence-corrected chi connectivity index (χ2v) is 6.64. The number of hydrogen-bond acceptors (Lipinski definition) is 3. The minimum atomic E-state index is -0.00857. The molecule has 5 nitrogen and oxygen atoms in total. The van der Waals surface area contributed by atoms with E-state index in [0.29, 0.717) is 17.7 Å². The van der Waals surface area contributed by atoms with Crippen molar-refractivity contribution in [2.75, 3.05) is 13.1 Å². The van der Waals surface area contributed by atoms with E-state index in [2.05, 4.69) is 27.1 Å². The first kappa shape index (κ1) is 14.5. The number of carbonyl (C=O) groups excluding carboxylic acids is 1. The molecule has 3 fully saturated rings. The molecule has 5 heterocycles. The van der Waals surface area contributed by atoms with Crippen LogP contribution in [0.1, 0.15) is 30.3 Å². The van der Waals surface area contributed by atoms with E-state index in [1.165, 1.54) is 25.9 Å². The number of aromatic amines is 1. The molecule has 2 atom stereocenters. The molecule has 0 saturated carbocycles. The summed E-state index contributed by atoms with van der Waals surface area (Å²) in [5.74, 6) is 0.609. The van der Waals surface area contributed by atoms with Crippen LogP contribution in [0.25, 0.3) is 11.3 Å². The van der Waals surface area contributed by atoms with Crippen LogP contribution in [0.3, 0.4) is 0 Å². The molecule has 3 aliphatic heterocycles. The van der Waals surface area contributed by atoms with Gasteiger partial charge in [0.2, 0.25) is 0 Å². The summed E-state index contributed by atoms with van der Waals surface area (Å²) in [6, 6.07) is 8.35. The van der Waals surface area contributed by atoms with E-state index in [-0.39, 0.29) is 11.9 Å². The molecule has 0 aromatic carbocycles. The van der Waals surface area contributed by atoms with Crippen molar-refractivity contribution in [2.24, 2.45) is 5.92 Å². The van der Waals surface area contributed by atoms with Crippen LogP contribution in [0.4, 0.5) is 0 Å². The largest absolute Gasteiger partial charge is 0.351 e. The maximum absolute atomic E-state index is 12.6. The van der Waals surface area contributed by atoms with Gasteiger partial charge in [0.1, 0.15) is 5.69 Å². The van der Waals surface area contributed by atoms with E-state index < -0.39 is 0 Å². The summed E-state index contributed by atoms with van der Waals surface area (Å²) in [5.41, 5.74) is 2.53. The Morgan fingerprint density at radius 2 is 2.13 bits per heavy atom. The van der Waals surface area contributed by atoms with E-state index in [1.54, 1.807) is 12.4 Å². The minimum absolute atomic E-state index is 0.00857. The van der Waals surface area contributed by atoms with Crippen molar-refractivity contribution in [3.05, 3.63) is 42.4 Å². The van der Waals surface area contributed by atoms with Gasteiger partial charge in [-0.25, -0.2) is 0 Å². The van der Waals surface area contributed by atoms with Gasteiger partial charge in [-0.3, -0.25) is 14.7 Å². The van der Waals surface area contributed by atoms with Gasteiger partial charge in [-0.05, 0) is 63.0 Å². The van der Waals surface area contributed by atoms with Crippen molar-refractivity contribution in [2.45, 2.75) is 31.8 Å². The van der Waals surface area contributed by atoms with Crippen molar-refractivity contribution in [3.8, 4) is 11.3 Å². The third-order valence-corrected chi connectivity index (χ3v) is 5.38. The van der Waals surface area contributed by atoms with Gasteiger partial charge in [0.15, 0.2) is 0 Å². The lowest BCUT2D eigenvalue weighted by molar-refractivity contribution is 0.0216. The van der Waals surface area contributed by atoms with Crippen molar-refractivity contribution < 1.29 is 4.79 Å². The highest BCUT2D eigenvalue weighted by Gasteiger charge is 2.40. The Labute approximate surface area is 136 Å². The smallest absolute Gasteiger partial charge is 0.267 e. The van der Waals surface area contributed by atoms with Crippen molar-refractivity contribution in [1.29, 1.82) is 0 Å². The maximum atomic E-state index is 12.6. The number of hydrogen-bond donors (Lipinski definition) is 2. The zero-order valence-corrected chi connectivity index (χ0v) is 13.3. The Balaban J connectivity index is 1.49. The Morgan fingerprint density at radius 1 is 1.30 bits per heavy atom. The first-order valence-electron chi connectivity index (χ1n) is 8.37. The fourth-order valence-electron chi connectivity index (χ4n) is 3.99. The molecule has 5 rings (SSSR count). The second-order valence-electron chi connectivity index (χ2n) is 6.64. The monoisotopic (exact) mass is 310 g/mol. The number of carbonyl (C=O) groups is 1. The number of nitrogens with one attached hydrogen (secondary N) is 2. The SMILES string of the molecule is C[C@H]1[C@H](NC(=O)c2ccc(-c3cccnc3)[nH]2)C2CCN1CC2. The molecule has 3 saturated heterocycles. The van der Waals surface area contributed by atoms with Crippen LogP contribution in [-0.4, -0.2) is 45.9 Å². The quantitative estimate of drug-likeness (QED) is 0.914. The third kappa shape index (κ3) is 2.65. The topological polar surface area (TPSA) is 61.0 Å². The Hall–Kier alpha value is -2.14. The molecule has 2 bridgehead atoms. The molecule has 0 unspecified atom stereocenters. The number of nitrogens with zero attached hydrogens (tertiary/aromatic N) is 2. The lowest BCUT2D eigenvalue weighted by atomic mass is 9.79. The van der Waals surface area contributed by atoms with Crippen LogP contribution in [0, 0.1) is 5.92 Å². The van der Waals surface area contributed by atoms with E-state index >= 15 is 0 Å². The highest BCUT2D eigenvalue weighted by atomic mass is 16.2. The molecule has 0 spiro atoms. The van der Waals surface area contributed by atoms with Crippen LogP contribution in [0.15, 0.2) is 36.7 Å². The highest BCUT2D eigenvalue weighted by molar-refractivity contribution is 5.93. The summed E-state index contributed by atoms with van der Waals surface area (Å²) in [6.07, 6.45) is 5.93. The summed E-state index contributed by atoms with van der Waals surface area (Å²) in [6.45, 7) is 4.57. The van der Waals surface area contributed by atoms with Crippen LogP contribution >= 0.6 is 0 Å². The molecule has 2 N–H and O–H groups in total. The zero-order chi connectivity index (χ0) is 15.8. The molecule has 5 heteroatoms. The molecule has 23 heavy (non-hydrogen) atoms. The average Bonchev–Trinajstić information content (AvgIpc) is 3.09. The van der Waals surface area contributed by atoms with Gasteiger partial charge in [0.25, 0.3) is 5.91 Å². The van der Waals surface area contributed by atoms with Gasteiger partial charge in [0.05, 0.1) is 0 Å². The number of amides is 1. The van der Waals surface area contributed by atoms with Gasteiger partial charge < -0.3 is 10.3 Å². The van der Waals surface area contributed by atoms with Gasteiger partial charge in [-0.15, -0.1) is 0 Å². The van der Waals surface area contributed by atoms with Crippen LogP contribution in [-0.2, 0) is 0 Å². The van der Waals surface area contributed by atoms with Gasteiger partial charge in [-0.2, -0.15) is 0 Å². The van der Waals surface area contributed by atoms with E-state index in [0.717, 1.165) is 11.3 Å². The van der Waals surface area contributed by atoms with Gasteiger partial charge in [-0.1, -0.05) is 0 Å². The molecule has 1 amide bonds. The fraction of sp³-hybridized carbons (Fsp3) is 0.444. The molecule has 2 aromatic rings. The molecule has 2 aromatic heterocycles. The van der Waals surface area contributed by atoms with Crippen LogP contribution in [0.2, 0.25) is 0 Å². The lowest BCUT2D eigenvalue weighted by Gasteiger charge is -2.49. The first-order valence-corrected chi connectivity index (χ1v) is 8.37. The number of fused-ring (bicyclic) bond motifs is 3. The van der Waals surface area contributed by atoms with E-state index in [4.69, 9.17) is 0 Å². The summed E-state index contributed by atoms with van der Waals surface area (Å²) < 4.78 is 0. The molecule has 3 aliphatic rings. The summed E-state index contributed by atoms with van der Waals surface area (Å²) in [5, 5.41) is 3.25. The molecule has 120 valence electrons. The number of piperidine rings is 3. The summed E-state index contributed by atoms with van der Waals surface area (Å²) in [7, 11) is 0. The number of aromatic nitrogens is 2. The van der Waals surface area contributed by atoms with Crippen molar-refractivity contribution in [1.82, 2.24) is 20.2 Å². The van der Waals surface area contributed by atoms with E-state index in [9.17, 15) is 4.79 Å². The van der Waals surface area contributed by atoms with Crippen LogP contribution in [0.5, 0.6) is 0 Å². The average molecular weight is 310 g/mol. The fourth-order valence-corrected chi connectivity index (χ4v) is 3.99. The first-order chi connectivity index (χ1) is 11.2. The van der Waals surface area contributed by atoms with E-state index in [1.807, 2.05) is 24.3 Å². The Bertz CT molecular complexity index is 686. The summed E-state index contributed by atoms with van der Waals surface area (Å²) >= 11 is 0. The predicted molar refractivity (Wildman–Crippen MR) is 89.0 cm³/mol. The standard InChI is InChI=1S/C18H22N4O/c1-12-17(13-6-9-22(12)10-7-13)21-18(23)16-5-4-15(20-16)14-3-2-8-19-11-14/h2-5,8,11-13,17,20H,6-7,9-10H2,1H3,(H,21,23)/t12-,17-/m0/s1. The maximum Gasteiger partial charge on any atom is 0.267 e. The second kappa shape index (κ2) is 5.81. The number of rotatable bonds is 3.